The fourth-order valence-corrected chi connectivity index (χ4v) is 0.642. The van der Waals surface area contributed by atoms with Crippen LogP contribution in [0.4, 0.5) is 5.69 Å². The zero-order chi connectivity index (χ0) is 6.69. The standard InChI is InChI=1S/C7H10N2.Ar/c1-9(2)7-3-5-8-6-4-7;/h3-6H,1-2H3;. The molecular formula is C7H10ArN2. The van der Waals surface area contributed by atoms with Gasteiger partial charge in [0.25, 0.3) is 0 Å². The summed E-state index contributed by atoms with van der Waals surface area (Å²) < 4.78 is 0. The molecule has 0 saturated carbocycles. The molecular weight excluding hydrogens is 152 g/mol. The van der Waals surface area contributed by atoms with Crippen LogP contribution in [0.15, 0.2) is 24.5 Å². The van der Waals surface area contributed by atoms with E-state index in [0.29, 0.717) is 0 Å². The Balaban J connectivity index is 0.000000810. The Morgan fingerprint density at radius 1 is 1.20 bits per heavy atom. The maximum atomic E-state index is 3.90. The van der Waals surface area contributed by atoms with Crippen molar-refractivity contribution in [2.24, 2.45) is 0 Å². The van der Waals surface area contributed by atoms with Gasteiger partial charge in [0.05, 0.1) is 0 Å². The average Bonchev–Trinajstić information content (AvgIpc) is 1.90. The summed E-state index contributed by atoms with van der Waals surface area (Å²) in [7, 11) is 4.02. The predicted molar refractivity (Wildman–Crippen MR) is 38.6 cm³/mol. The van der Waals surface area contributed by atoms with E-state index in [4.69, 9.17) is 0 Å². The van der Waals surface area contributed by atoms with E-state index in [9.17, 15) is 0 Å². The van der Waals surface area contributed by atoms with E-state index < -0.39 is 0 Å². The van der Waals surface area contributed by atoms with Crippen molar-refractivity contribution in [2.45, 2.75) is 0 Å². The molecule has 0 unspecified atom stereocenters. The molecule has 3 heteroatoms. The molecule has 0 amide bonds. The molecule has 0 aliphatic carbocycles. The molecule has 0 N–H and O–H groups in total. The molecule has 56 valence electrons. The molecule has 0 spiro atoms. The van der Waals surface area contributed by atoms with E-state index in [1.54, 1.807) is 12.4 Å². The van der Waals surface area contributed by atoms with Gasteiger partial charge in [0.1, 0.15) is 0 Å². The largest absolute Gasteiger partial charge is 0.378 e. The Morgan fingerprint density at radius 3 is 2.00 bits per heavy atom. The van der Waals surface area contributed by atoms with Gasteiger partial charge < -0.3 is 4.90 Å². The number of pyridine rings is 1. The zero-order valence-electron chi connectivity index (χ0n) is 6.06. The van der Waals surface area contributed by atoms with E-state index in [0.717, 1.165) is 0 Å². The van der Waals surface area contributed by atoms with Gasteiger partial charge in [0.15, 0.2) is 0 Å². The van der Waals surface area contributed by atoms with Gasteiger partial charge in [-0.2, -0.15) is 0 Å². The second-order valence-electron chi connectivity index (χ2n) is 2.10. The number of rotatable bonds is 1. The van der Waals surface area contributed by atoms with E-state index in [1.807, 2.05) is 31.1 Å². The smallest absolute Gasteiger partial charge is 0.0391 e. The van der Waals surface area contributed by atoms with Crippen molar-refractivity contribution < 1.29 is 37.7 Å². The first-order valence-electron chi connectivity index (χ1n) is 2.88. The van der Waals surface area contributed by atoms with E-state index in [2.05, 4.69) is 4.98 Å². The van der Waals surface area contributed by atoms with Crippen molar-refractivity contribution in [3.8, 4) is 0 Å². The summed E-state index contributed by atoms with van der Waals surface area (Å²) in [5.41, 5.74) is 1.19. The molecule has 10 heavy (non-hydrogen) atoms. The fourth-order valence-electron chi connectivity index (χ4n) is 0.642. The first-order valence-corrected chi connectivity index (χ1v) is 2.88. The minimum Gasteiger partial charge on any atom is -0.378 e. The van der Waals surface area contributed by atoms with Gasteiger partial charge in [-0.25, -0.2) is 0 Å². The molecule has 2 nitrogen and oxygen atoms in total. The molecule has 0 atom stereocenters. The number of anilines is 1. The van der Waals surface area contributed by atoms with Gasteiger partial charge in [-0.1, -0.05) is 0 Å². The molecule has 0 aliphatic heterocycles. The molecule has 0 aliphatic rings. The monoisotopic (exact) mass is 162 g/mol. The third-order valence-electron chi connectivity index (χ3n) is 1.18. The van der Waals surface area contributed by atoms with Crippen molar-refractivity contribution in [2.75, 3.05) is 19.0 Å². The van der Waals surface area contributed by atoms with Crippen LogP contribution < -0.4 is 4.90 Å². The molecule has 0 fully saturated rings. The summed E-state index contributed by atoms with van der Waals surface area (Å²) in [6.45, 7) is 0. The second-order valence-corrected chi connectivity index (χ2v) is 2.10. The number of hydrogen-bond acceptors (Lipinski definition) is 2. The van der Waals surface area contributed by atoms with Gasteiger partial charge in [0.2, 0.25) is 0 Å². The summed E-state index contributed by atoms with van der Waals surface area (Å²) >= 11 is 0. The third-order valence-corrected chi connectivity index (χ3v) is 1.18. The van der Waals surface area contributed by atoms with Crippen LogP contribution in [0, 0.1) is 37.7 Å². The van der Waals surface area contributed by atoms with Crippen LogP contribution in [-0.4, -0.2) is 19.1 Å². The van der Waals surface area contributed by atoms with Crippen molar-refractivity contribution in [1.29, 1.82) is 0 Å². The molecule has 0 radical (unpaired) electrons. The minimum absolute atomic E-state index is 0. The molecule has 0 saturated heterocycles. The van der Waals surface area contributed by atoms with E-state index >= 15 is 0 Å². The van der Waals surface area contributed by atoms with Crippen molar-refractivity contribution in [1.82, 2.24) is 4.98 Å². The maximum Gasteiger partial charge on any atom is 0.0391 e. The molecule has 1 aromatic heterocycles. The van der Waals surface area contributed by atoms with Gasteiger partial charge in [-0.15, -0.1) is 0 Å². The van der Waals surface area contributed by atoms with Gasteiger partial charge in [-0.05, 0) is 12.1 Å². The van der Waals surface area contributed by atoms with E-state index in [-0.39, 0.29) is 37.7 Å². The van der Waals surface area contributed by atoms with E-state index in [1.165, 1.54) is 5.69 Å². The Kier molecular flexibility index (Phi) is 5.04. The topological polar surface area (TPSA) is 16.1 Å². The summed E-state index contributed by atoms with van der Waals surface area (Å²) in [4.78, 5) is 5.94. The predicted octanol–water partition coefficient (Wildman–Crippen LogP) is 1.15. The normalized spacial score (nSPS) is 8.20. The molecule has 0 aromatic carbocycles. The first-order chi connectivity index (χ1) is 4.30. The Hall–Kier alpha value is 0.210. The Morgan fingerprint density at radius 2 is 1.70 bits per heavy atom. The first kappa shape index (κ1) is 10.2. The molecule has 1 aromatic rings. The fraction of sp³-hybridized carbons (Fsp3) is 0.286. The summed E-state index contributed by atoms with van der Waals surface area (Å²) in [6, 6.07) is 3.94. The van der Waals surface area contributed by atoms with Crippen molar-refractivity contribution >= 4 is 5.69 Å². The molecule has 0 bridgehead atoms. The Bertz CT molecular complexity index is 174. The van der Waals surface area contributed by atoms with Gasteiger partial charge >= 0.3 is 0 Å². The van der Waals surface area contributed by atoms with Gasteiger partial charge in [-0.3, -0.25) is 4.98 Å². The van der Waals surface area contributed by atoms with Crippen LogP contribution in [0.1, 0.15) is 0 Å². The minimum atomic E-state index is 0. The molecule has 1 heterocycles. The van der Waals surface area contributed by atoms with Gasteiger partial charge in [0, 0.05) is 69.9 Å². The Labute approximate surface area is 91.3 Å². The average molecular weight is 162 g/mol. The van der Waals surface area contributed by atoms with Crippen LogP contribution >= 0.6 is 0 Å². The number of hydrogen-bond donors (Lipinski definition) is 0. The van der Waals surface area contributed by atoms with Crippen LogP contribution in [0.3, 0.4) is 0 Å². The van der Waals surface area contributed by atoms with Crippen molar-refractivity contribution in [3.63, 3.8) is 0 Å². The zero-order valence-corrected chi connectivity index (χ0v) is 6.76. The van der Waals surface area contributed by atoms with Crippen LogP contribution in [-0.2, 0) is 0 Å². The van der Waals surface area contributed by atoms with Crippen LogP contribution in [0.2, 0.25) is 0 Å². The van der Waals surface area contributed by atoms with Crippen molar-refractivity contribution in [3.05, 3.63) is 24.5 Å². The SMILES string of the molecule is CN(C)c1ccncc1.[Ar]. The summed E-state index contributed by atoms with van der Waals surface area (Å²) in [5.74, 6) is 0. The maximum absolute atomic E-state index is 3.90. The number of aromatic nitrogens is 1. The summed E-state index contributed by atoms with van der Waals surface area (Å²) in [5, 5.41) is 0. The quantitative estimate of drug-likeness (QED) is 0.615. The van der Waals surface area contributed by atoms with Crippen LogP contribution in [0.5, 0.6) is 0 Å². The summed E-state index contributed by atoms with van der Waals surface area (Å²) in [6.07, 6.45) is 3.57. The van der Waals surface area contributed by atoms with Crippen LogP contribution in [0.25, 0.3) is 0 Å². The second kappa shape index (κ2) is 4.94. The number of nitrogens with zero attached hydrogens (tertiary/aromatic N) is 2. The molecule has 1 rings (SSSR count). The third kappa shape index (κ3) is 2.86.